The van der Waals surface area contributed by atoms with Gasteiger partial charge in [-0.3, -0.25) is 0 Å². The molecule has 2 aliphatic heterocycles. The van der Waals surface area contributed by atoms with Gasteiger partial charge in [-0.25, -0.2) is 4.99 Å². The number of nitrogens with two attached hydrogens (primary N) is 2. The Balaban J connectivity index is 2.30. The van der Waals surface area contributed by atoms with E-state index < -0.39 is 0 Å². The lowest BCUT2D eigenvalue weighted by molar-refractivity contribution is 0.879. The third-order valence-corrected chi connectivity index (χ3v) is 4.79. The summed E-state index contributed by atoms with van der Waals surface area (Å²) in [6.45, 7) is 2.19. The van der Waals surface area contributed by atoms with Gasteiger partial charge in [-0.2, -0.15) is 0 Å². The second-order valence-electron chi connectivity index (χ2n) is 2.89. The first kappa shape index (κ1) is 8.47. The zero-order valence-electron chi connectivity index (χ0n) is 6.78. The number of nitrogens with zero attached hydrogens (tertiary/aromatic N) is 1. The standard InChI is InChI=1S/C7H11N3S2/c1-3-2-11-4-5(12-3)7(9)10-6(4)8/h3,6H,2,8H2,1H3,(H2,9,10). The Kier molecular flexibility index (Phi) is 2.10. The molecule has 0 fully saturated rings. The molecular weight excluding hydrogens is 190 g/mol. The molecule has 5 heteroatoms. The minimum atomic E-state index is -0.190. The Morgan fingerprint density at radius 1 is 1.58 bits per heavy atom. The zero-order chi connectivity index (χ0) is 8.72. The van der Waals surface area contributed by atoms with Crippen LogP contribution in [0.15, 0.2) is 14.8 Å². The number of thioether (sulfide) groups is 2. The van der Waals surface area contributed by atoms with Gasteiger partial charge in [-0.15, -0.1) is 23.5 Å². The molecule has 0 radical (unpaired) electrons. The third kappa shape index (κ3) is 1.26. The third-order valence-electron chi connectivity index (χ3n) is 1.80. The molecule has 4 N–H and O–H groups in total. The lowest BCUT2D eigenvalue weighted by Crippen LogP contribution is -2.19. The van der Waals surface area contributed by atoms with Crippen molar-refractivity contribution >= 4 is 29.4 Å². The second-order valence-corrected chi connectivity index (χ2v) is 5.40. The summed E-state index contributed by atoms with van der Waals surface area (Å²) >= 11 is 3.58. The number of hydrogen-bond acceptors (Lipinski definition) is 5. The van der Waals surface area contributed by atoms with Crippen molar-refractivity contribution in [2.45, 2.75) is 18.3 Å². The normalized spacial score (nSPS) is 35.0. The van der Waals surface area contributed by atoms with Crippen LogP contribution < -0.4 is 11.5 Å². The van der Waals surface area contributed by atoms with Crippen LogP contribution in [0.4, 0.5) is 0 Å². The summed E-state index contributed by atoms with van der Waals surface area (Å²) in [4.78, 5) is 6.40. The van der Waals surface area contributed by atoms with Crippen LogP contribution in [0, 0.1) is 0 Å². The van der Waals surface area contributed by atoms with Gasteiger partial charge in [0.1, 0.15) is 12.0 Å². The van der Waals surface area contributed by atoms with E-state index in [-0.39, 0.29) is 6.17 Å². The molecule has 2 unspecified atom stereocenters. The lowest BCUT2D eigenvalue weighted by Gasteiger charge is -2.20. The average Bonchev–Trinajstić information content (AvgIpc) is 2.28. The van der Waals surface area contributed by atoms with E-state index in [2.05, 4.69) is 11.9 Å². The molecule has 2 aliphatic rings. The first-order chi connectivity index (χ1) is 5.68. The van der Waals surface area contributed by atoms with Crippen LogP contribution in [0.3, 0.4) is 0 Å². The van der Waals surface area contributed by atoms with E-state index in [0.717, 1.165) is 15.6 Å². The lowest BCUT2D eigenvalue weighted by atomic mass is 10.4. The zero-order valence-corrected chi connectivity index (χ0v) is 8.41. The average molecular weight is 201 g/mol. The van der Waals surface area contributed by atoms with Gasteiger partial charge in [0.25, 0.3) is 0 Å². The largest absolute Gasteiger partial charge is 0.383 e. The predicted octanol–water partition coefficient (Wildman–Crippen LogP) is 0.722. The topological polar surface area (TPSA) is 64.4 Å². The van der Waals surface area contributed by atoms with E-state index in [4.69, 9.17) is 11.5 Å². The first-order valence-corrected chi connectivity index (χ1v) is 5.68. The molecular formula is C7H11N3S2. The van der Waals surface area contributed by atoms with Crippen molar-refractivity contribution in [2.24, 2.45) is 16.5 Å². The highest BCUT2D eigenvalue weighted by Crippen LogP contribution is 2.42. The van der Waals surface area contributed by atoms with E-state index >= 15 is 0 Å². The molecule has 2 atom stereocenters. The summed E-state index contributed by atoms with van der Waals surface area (Å²) in [6, 6.07) is 0. The Morgan fingerprint density at radius 3 is 3.08 bits per heavy atom. The SMILES string of the molecule is CC1CSC2=C(S1)C(N)=NC2N. The van der Waals surface area contributed by atoms with Crippen molar-refractivity contribution in [2.75, 3.05) is 5.75 Å². The fourth-order valence-electron chi connectivity index (χ4n) is 1.24. The fourth-order valence-corrected chi connectivity index (χ4v) is 3.72. The van der Waals surface area contributed by atoms with Gasteiger partial charge >= 0.3 is 0 Å². The number of hydrogen-bond donors (Lipinski definition) is 2. The molecule has 66 valence electrons. The van der Waals surface area contributed by atoms with Crippen LogP contribution in [0.2, 0.25) is 0 Å². The van der Waals surface area contributed by atoms with Crippen LogP contribution in [0.1, 0.15) is 6.92 Å². The molecule has 0 amide bonds. The molecule has 0 aromatic rings. The van der Waals surface area contributed by atoms with Gasteiger partial charge in [0.05, 0.1) is 4.91 Å². The Bertz CT molecular complexity index is 272. The van der Waals surface area contributed by atoms with Gasteiger partial charge in [0, 0.05) is 15.9 Å². The molecule has 0 bridgehead atoms. The molecule has 3 nitrogen and oxygen atoms in total. The van der Waals surface area contributed by atoms with E-state index in [9.17, 15) is 0 Å². The van der Waals surface area contributed by atoms with Crippen LogP contribution in [-0.2, 0) is 0 Å². The highest BCUT2D eigenvalue weighted by atomic mass is 32.2. The molecule has 0 aliphatic carbocycles. The molecule has 0 spiro atoms. The second kappa shape index (κ2) is 2.97. The van der Waals surface area contributed by atoms with Crippen molar-refractivity contribution in [3.05, 3.63) is 9.81 Å². The summed E-state index contributed by atoms with van der Waals surface area (Å²) in [7, 11) is 0. The monoisotopic (exact) mass is 201 g/mol. The summed E-state index contributed by atoms with van der Waals surface area (Å²) in [5, 5.41) is 0.618. The predicted molar refractivity (Wildman–Crippen MR) is 56.1 cm³/mol. The summed E-state index contributed by atoms with van der Waals surface area (Å²) in [6.07, 6.45) is -0.190. The van der Waals surface area contributed by atoms with Crippen LogP contribution in [0.25, 0.3) is 0 Å². The smallest absolute Gasteiger partial charge is 0.135 e. The van der Waals surface area contributed by atoms with E-state index in [1.807, 2.05) is 0 Å². The minimum Gasteiger partial charge on any atom is -0.383 e. The van der Waals surface area contributed by atoms with Crippen molar-refractivity contribution in [3.8, 4) is 0 Å². The fraction of sp³-hybridized carbons (Fsp3) is 0.571. The van der Waals surface area contributed by atoms with Crippen LogP contribution in [0.5, 0.6) is 0 Å². The minimum absolute atomic E-state index is 0.190. The Morgan fingerprint density at radius 2 is 2.33 bits per heavy atom. The summed E-state index contributed by atoms with van der Waals surface area (Å²) < 4.78 is 0. The van der Waals surface area contributed by atoms with E-state index in [0.29, 0.717) is 11.1 Å². The molecule has 2 rings (SSSR count). The molecule has 12 heavy (non-hydrogen) atoms. The molecule has 0 saturated carbocycles. The Labute approximate surface area is 80.0 Å². The number of aliphatic imine (C=N–C) groups is 1. The molecule has 0 aromatic carbocycles. The Hall–Kier alpha value is -0.130. The van der Waals surface area contributed by atoms with Gasteiger partial charge < -0.3 is 11.5 Å². The highest BCUT2D eigenvalue weighted by Gasteiger charge is 2.29. The van der Waals surface area contributed by atoms with E-state index in [1.165, 1.54) is 0 Å². The number of rotatable bonds is 0. The quantitative estimate of drug-likeness (QED) is 0.606. The summed E-state index contributed by atoms with van der Waals surface area (Å²) in [5.41, 5.74) is 11.5. The maximum Gasteiger partial charge on any atom is 0.135 e. The summed E-state index contributed by atoms with van der Waals surface area (Å²) in [5.74, 6) is 1.74. The maximum atomic E-state index is 5.77. The van der Waals surface area contributed by atoms with Crippen molar-refractivity contribution in [1.82, 2.24) is 0 Å². The van der Waals surface area contributed by atoms with Crippen LogP contribution >= 0.6 is 23.5 Å². The van der Waals surface area contributed by atoms with Crippen LogP contribution in [-0.4, -0.2) is 23.0 Å². The molecule has 0 saturated heterocycles. The van der Waals surface area contributed by atoms with Crippen molar-refractivity contribution < 1.29 is 0 Å². The highest BCUT2D eigenvalue weighted by molar-refractivity contribution is 8.11. The maximum absolute atomic E-state index is 5.77. The van der Waals surface area contributed by atoms with Gasteiger partial charge in [-0.05, 0) is 0 Å². The van der Waals surface area contributed by atoms with Crippen molar-refractivity contribution in [3.63, 3.8) is 0 Å². The molecule has 2 heterocycles. The van der Waals surface area contributed by atoms with Gasteiger partial charge in [-0.1, -0.05) is 6.92 Å². The van der Waals surface area contributed by atoms with Crippen molar-refractivity contribution in [1.29, 1.82) is 0 Å². The van der Waals surface area contributed by atoms with E-state index in [1.54, 1.807) is 23.5 Å². The number of amidine groups is 1. The van der Waals surface area contributed by atoms with Gasteiger partial charge in [0.15, 0.2) is 0 Å². The van der Waals surface area contributed by atoms with Gasteiger partial charge in [0.2, 0.25) is 0 Å². The molecule has 0 aromatic heterocycles. The first-order valence-electron chi connectivity index (χ1n) is 3.81.